The number of aliphatic imine (C=N–C) groups is 1. The standard InChI is InChI=1S/C23H23N9O3S/c1-16-11-13-24-23(26-16)32(14-12-22-28-30-31-29-22)36(34,35)21-9-7-19(8-10-21)25-15-18-3-5-20(6-4-18)27-17(2)33/h3-11,13,15H,12,14H2,1-2H3,(H,27,33)(H,28,29,30,31). The number of H-pyrrole nitrogens is 1. The lowest BCUT2D eigenvalue weighted by Gasteiger charge is -2.22. The van der Waals surface area contributed by atoms with E-state index in [1.807, 2.05) is 12.1 Å². The summed E-state index contributed by atoms with van der Waals surface area (Å²) in [7, 11) is -3.99. The van der Waals surface area contributed by atoms with E-state index in [9.17, 15) is 13.2 Å². The summed E-state index contributed by atoms with van der Waals surface area (Å²) in [6.07, 6.45) is 3.38. The lowest BCUT2D eigenvalue weighted by molar-refractivity contribution is -0.114. The lowest BCUT2D eigenvalue weighted by Crippen LogP contribution is -2.34. The van der Waals surface area contributed by atoms with Gasteiger partial charge < -0.3 is 5.32 Å². The number of carbonyl (C=O) groups is 1. The van der Waals surface area contributed by atoms with E-state index in [1.54, 1.807) is 43.5 Å². The maximum atomic E-state index is 13.5. The quantitative estimate of drug-likeness (QED) is 0.328. The number of nitrogens with one attached hydrogen (secondary N) is 2. The van der Waals surface area contributed by atoms with Crippen LogP contribution < -0.4 is 9.62 Å². The van der Waals surface area contributed by atoms with Crippen molar-refractivity contribution < 1.29 is 13.2 Å². The number of aromatic nitrogens is 6. The summed E-state index contributed by atoms with van der Waals surface area (Å²) in [5.74, 6) is 0.287. The first-order valence-electron chi connectivity index (χ1n) is 10.9. The smallest absolute Gasteiger partial charge is 0.266 e. The van der Waals surface area contributed by atoms with Gasteiger partial charge in [-0.05, 0) is 55.0 Å². The largest absolute Gasteiger partial charge is 0.326 e. The highest BCUT2D eigenvalue weighted by atomic mass is 32.2. The van der Waals surface area contributed by atoms with Crippen molar-refractivity contribution in [3.05, 3.63) is 77.9 Å². The highest BCUT2D eigenvalue weighted by Crippen LogP contribution is 2.23. The van der Waals surface area contributed by atoms with Gasteiger partial charge in [-0.2, -0.15) is 5.21 Å². The van der Waals surface area contributed by atoms with Crippen LogP contribution >= 0.6 is 0 Å². The second-order valence-electron chi connectivity index (χ2n) is 7.71. The van der Waals surface area contributed by atoms with E-state index in [0.29, 0.717) is 22.9 Å². The van der Waals surface area contributed by atoms with E-state index < -0.39 is 10.0 Å². The van der Waals surface area contributed by atoms with Gasteiger partial charge in [0.05, 0.1) is 10.6 Å². The zero-order valence-electron chi connectivity index (χ0n) is 19.5. The lowest BCUT2D eigenvalue weighted by atomic mass is 10.2. The number of carbonyl (C=O) groups excluding carboxylic acids is 1. The third-order valence-electron chi connectivity index (χ3n) is 4.95. The molecule has 0 saturated heterocycles. The highest BCUT2D eigenvalue weighted by molar-refractivity contribution is 7.92. The Morgan fingerprint density at radius 3 is 2.50 bits per heavy atom. The van der Waals surface area contributed by atoms with Crippen molar-refractivity contribution in [2.45, 2.75) is 25.2 Å². The molecule has 0 atom stereocenters. The number of amides is 1. The van der Waals surface area contributed by atoms with Gasteiger partial charge in [0.2, 0.25) is 11.9 Å². The Morgan fingerprint density at radius 1 is 1.11 bits per heavy atom. The fourth-order valence-electron chi connectivity index (χ4n) is 3.21. The predicted octanol–water partition coefficient (Wildman–Crippen LogP) is 2.45. The molecule has 12 nitrogen and oxygen atoms in total. The van der Waals surface area contributed by atoms with E-state index in [-0.39, 0.29) is 29.7 Å². The molecule has 0 spiro atoms. The molecule has 4 rings (SSSR count). The number of benzene rings is 2. The molecule has 1 amide bonds. The minimum Gasteiger partial charge on any atom is -0.326 e. The van der Waals surface area contributed by atoms with Gasteiger partial charge >= 0.3 is 0 Å². The molecular formula is C23H23N9O3S. The fraction of sp³-hybridized carbons (Fsp3) is 0.174. The summed E-state index contributed by atoms with van der Waals surface area (Å²) in [6, 6.07) is 15.1. The number of aryl methyl sites for hydroxylation is 1. The first kappa shape index (κ1) is 24.6. The molecule has 13 heteroatoms. The molecule has 0 aliphatic heterocycles. The molecule has 0 aliphatic carbocycles. The van der Waals surface area contributed by atoms with Crippen molar-refractivity contribution in [2.24, 2.45) is 4.99 Å². The van der Waals surface area contributed by atoms with Crippen LogP contribution in [0.3, 0.4) is 0 Å². The van der Waals surface area contributed by atoms with Gasteiger partial charge in [0, 0.05) is 43.7 Å². The number of aromatic amines is 1. The summed E-state index contributed by atoms with van der Waals surface area (Å²) in [5.41, 5.74) is 2.72. The van der Waals surface area contributed by atoms with Gasteiger partial charge in [-0.1, -0.05) is 17.3 Å². The number of tetrazole rings is 1. The van der Waals surface area contributed by atoms with Crippen LogP contribution in [0, 0.1) is 6.92 Å². The minimum atomic E-state index is -3.99. The number of anilines is 2. The van der Waals surface area contributed by atoms with Crippen LogP contribution in [0.25, 0.3) is 0 Å². The molecule has 4 aromatic rings. The topological polar surface area (TPSA) is 159 Å². The zero-order valence-corrected chi connectivity index (χ0v) is 20.3. The van der Waals surface area contributed by atoms with Crippen LogP contribution in [0.5, 0.6) is 0 Å². The molecule has 0 fully saturated rings. The van der Waals surface area contributed by atoms with E-state index in [4.69, 9.17) is 0 Å². The molecular weight excluding hydrogens is 482 g/mol. The van der Waals surface area contributed by atoms with Gasteiger partial charge in [0.15, 0.2) is 5.82 Å². The maximum Gasteiger partial charge on any atom is 0.266 e. The third kappa shape index (κ3) is 6.13. The molecule has 2 heterocycles. The first-order valence-corrected chi connectivity index (χ1v) is 12.3. The van der Waals surface area contributed by atoms with E-state index >= 15 is 0 Å². The molecule has 184 valence electrons. The Bertz CT molecular complexity index is 1450. The number of rotatable bonds is 9. The first-order chi connectivity index (χ1) is 17.3. The Labute approximate surface area is 207 Å². The molecule has 36 heavy (non-hydrogen) atoms. The second kappa shape index (κ2) is 10.8. The fourth-order valence-corrected chi connectivity index (χ4v) is 4.58. The summed E-state index contributed by atoms with van der Waals surface area (Å²) in [6.45, 7) is 3.23. The van der Waals surface area contributed by atoms with Gasteiger partial charge in [0.1, 0.15) is 0 Å². The van der Waals surface area contributed by atoms with Crippen molar-refractivity contribution in [3.63, 3.8) is 0 Å². The van der Waals surface area contributed by atoms with E-state index in [1.165, 1.54) is 25.3 Å². The molecule has 2 N–H and O–H groups in total. The van der Waals surface area contributed by atoms with Crippen molar-refractivity contribution >= 4 is 39.5 Å². The van der Waals surface area contributed by atoms with Crippen LogP contribution in [0.4, 0.5) is 17.3 Å². The monoisotopic (exact) mass is 505 g/mol. The summed E-state index contributed by atoms with van der Waals surface area (Å²) >= 11 is 0. The minimum absolute atomic E-state index is 0.0275. The van der Waals surface area contributed by atoms with E-state index in [0.717, 1.165) is 9.87 Å². The molecule has 0 bridgehead atoms. The molecule has 2 aromatic heterocycles. The Kier molecular flexibility index (Phi) is 7.39. The average Bonchev–Trinajstić information content (AvgIpc) is 3.37. The molecule has 0 saturated carbocycles. The van der Waals surface area contributed by atoms with Crippen molar-refractivity contribution in [1.82, 2.24) is 30.6 Å². The molecule has 0 radical (unpaired) electrons. The van der Waals surface area contributed by atoms with Gasteiger partial charge in [-0.15, -0.1) is 10.2 Å². The maximum absolute atomic E-state index is 13.5. The van der Waals surface area contributed by atoms with Gasteiger partial charge in [-0.25, -0.2) is 22.7 Å². The van der Waals surface area contributed by atoms with Crippen LogP contribution in [0.2, 0.25) is 0 Å². The van der Waals surface area contributed by atoms with Crippen LogP contribution in [-0.4, -0.2) is 57.7 Å². The normalized spacial score (nSPS) is 11.5. The van der Waals surface area contributed by atoms with E-state index in [2.05, 4.69) is 40.9 Å². The zero-order chi connectivity index (χ0) is 25.5. The van der Waals surface area contributed by atoms with Crippen molar-refractivity contribution in [3.8, 4) is 0 Å². The van der Waals surface area contributed by atoms with Crippen LogP contribution in [-0.2, 0) is 21.2 Å². The van der Waals surface area contributed by atoms with Crippen molar-refractivity contribution in [2.75, 3.05) is 16.2 Å². The number of sulfonamides is 1. The third-order valence-corrected chi connectivity index (χ3v) is 6.75. The molecule has 0 unspecified atom stereocenters. The Morgan fingerprint density at radius 2 is 1.86 bits per heavy atom. The van der Waals surface area contributed by atoms with Crippen molar-refractivity contribution in [1.29, 1.82) is 0 Å². The summed E-state index contributed by atoms with van der Waals surface area (Å²) in [5, 5.41) is 16.3. The SMILES string of the molecule is CC(=O)Nc1ccc(C=Nc2ccc(S(=O)(=O)N(CCc3nn[nH]n3)c3nccc(C)n3)cc2)cc1. The average molecular weight is 506 g/mol. The van der Waals surface area contributed by atoms with Crippen LogP contribution in [0.1, 0.15) is 24.0 Å². The predicted molar refractivity (Wildman–Crippen MR) is 134 cm³/mol. The van der Waals surface area contributed by atoms with Crippen LogP contribution in [0.15, 0.2) is 70.7 Å². The molecule has 2 aromatic carbocycles. The van der Waals surface area contributed by atoms with Gasteiger partial charge in [0.25, 0.3) is 10.0 Å². The second-order valence-corrected chi connectivity index (χ2v) is 9.57. The highest BCUT2D eigenvalue weighted by Gasteiger charge is 2.27. The Balaban J connectivity index is 1.53. The number of hydrogen-bond donors (Lipinski definition) is 2. The molecule has 0 aliphatic rings. The Hall–Kier alpha value is -4.52. The summed E-state index contributed by atoms with van der Waals surface area (Å²) in [4.78, 5) is 24.1. The summed E-state index contributed by atoms with van der Waals surface area (Å²) < 4.78 is 28.2. The number of hydrogen-bond acceptors (Lipinski definition) is 9. The number of nitrogens with zero attached hydrogens (tertiary/aromatic N) is 7. The van der Waals surface area contributed by atoms with Gasteiger partial charge in [-0.3, -0.25) is 9.79 Å².